The fourth-order valence-electron chi connectivity index (χ4n) is 3.46. The van der Waals surface area contributed by atoms with Gasteiger partial charge in [-0.2, -0.15) is 0 Å². The maximum absolute atomic E-state index is 12.4. The van der Waals surface area contributed by atoms with E-state index in [1.807, 2.05) is 20.8 Å². The second kappa shape index (κ2) is 11.1. The van der Waals surface area contributed by atoms with E-state index >= 15 is 0 Å². The molecular weight excluding hydrogens is 388 g/mol. The third kappa shape index (κ3) is 12.0. The van der Waals surface area contributed by atoms with Crippen molar-refractivity contribution in [3.05, 3.63) is 11.3 Å². The maximum atomic E-state index is 12.4. The van der Waals surface area contributed by atoms with Gasteiger partial charge in [0.25, 0.3) is 0 Å². The van der Waals surface area contributed by atoms with Crippen LogP contribution in [0.4, 0.5) is 0 Å². The van der Waals surface area contributed by atoms with Gasteiger partial charge in [-0.15, -0.1) is 0 Å². The van der Waals surface area contributed by atoms with Gasteiger partial charge in [-0.1, -0.05) is 30.9 Å². The number of carbonyl (C=O) groups excluding carboxylic acids is 3. The lowest BCUT2D eigenvalue weighted by atomic mass is 9.94. The second-order valence-corrected chi connectivity index (χ2v) is 14.9. The van der Waals surface area contributed by atoms with Gasteiger partial charge in [0.1, 0.15) is 11.4 Å². The fourth-order valence-corrected chi connectivity index (χ4v) is 4.92. The summed E-state index contributed by atoms with van der Waals surface area (Å²) >= 11 is 0. The van der Waals surface area contributed by atoms with Crippen molar-refractivity contribution in [3.8, 4) is 0 Å². The number of ketones is 1. The number of methoxy groups -OCH3 is 1. The molecule has 1 saturated heterocycles. The minimum absolute atomic E-state index is 0.0733. The molecule has 0 N–H and O–H groups in total. The summed E-state index contributed by atoms with van der Waals surface area (Å²) in [5.41, 5.74) is 3.10. The Kier molecular flexibility index (Phi) is 9.75. The molecule has 7 heteroatoms. The number of hydrogen-bond acceptors (Lipinski definition) is 6. The summed E-state index contributed by atoms with van der Waals surface area (Å²) in [6.45, 7) is 12.3. The van der Waals surface area contributed by atoms with E-state index in [9.17, 15) is 14.4 Å². The molecule has 0 aromatic rings. The van der Waals surface area contributed by atoms with Crippen LogP contribution >= 0.6 is 0 Å². The first-order chi connectivity index (χ1) is 13.3. The van der Waals surface area contributed by atoms with Gasteiger partial charge in [0, 0.05) is 19.3 Å². The standard InChI is InChI=1S/C22H38O6Si/c1-22(2,3)28-21(25)14-19-12-16(15-29(5,6)7)11-18(27-19)13-17(23)9-8-10-20(24)26-4/h15,18-19H,8-14H2,1-7H3/b16-15-/t18-,19+/m0/s1. The first-order valence-electron chi connectivity index (χ1n) is 10.4. The smallest absolute Gasteiger partial charge is 0.308 e. The minimum Gasteiger partial charge on any atom is -0.469 e. The van der Waals surface area contributed by atoms with Crippen LogP contribution in [0.15, 0.2) is 11.3 Å². The molecule has 0 radical (unpaired) electrons. The number of ether oxygens (including phenoxy) is 3. The molecule has 1 aliphatic rings. The molecule has 0 aromatic carbocycles. The van der Waals surface area contributed by atoms with E-state index in [-0.39, 0.29) is 42.8 Å². The molecule has 0 unspecified atom stereocenters. The molecule has 29 heavy (non-hydrogen) atoms. The van der Waals surface area contributed by atoms with Gasteiger partial charge < -0.3 is 14.2 Å². The molecule has 1 rings (SSSR count). The zero-order valence-corrected chi connectivity index (χ0v) is 20.1. The van der Waals surface area contributed by atoms with Crippen LogP contribution < -0.4 is 0 Å². The number of carbonyl (C=O) groups is 3. The summed E-state index contributed by atoms with van der Waals surface area (Å²) < 4.78 is 16.1. The molecule has 166 valence electrons. The Bertz CT molecular complexity index is 612. The molecular formula is C22H38O6Si. The molecule has 0 saturated carbocycles. The van der Waals surface area contributed by atoms with E-state index < -0.39 is 13.7 Å². The highest BCUT2D eigenvalue weighted by Crippen LogP contribution is 2.30. The second-order valence-electron chi connectivity index (χ2n) is 9.92. The van der Waals surface area contributed by atoms with Gasteiger partial charge in [0.15, 0.2) is 0 Å². The van der Waals surface area contributed by atoms with E-state index in [4.69, 9.17) is 9.47 Å². The van der Waals surface area contributed by atoms with Crippen LogP contribution in [0.2, 0.25) is 19.6 Å². The quantitative estimate of drug-likeness (QED) is 0.402. The number of hydrogen-bond donors (Lipinski definition) is 0. The average Bonchev–Trinajstić information content (AvgIpc) is 2.50. The SMILES string of the molecule is COC(=O)CCCC(=O)C[C@@H]1C/C(=C/[Si](C)(C)C)C[C@H](CC(=O)OC(C)(C)C)O1. The first-order valence-corrected chi connectivity index (χ1v) is 14.0. The molecule has 0 spiro atoms. The normalized spacial score (nSPS) is 21.7. The van der Waals surface area contributed by atoms with Gasteiger partial charge in [-0.05, 0) is 40.0 Å². The monoisotopic (exact) mass is 426 g/mol. The van der Waals surface area contributed by atoms with E-state index in [1.54, 1.807) is 0 Å². The van der Waals surface area contributed by atoms with Crippen molar-refractivity contribution >= 4 is 25.8 Å². The average molecular weight is 427 g/mol. The Morgan fingerprint density at radius 2 is 1.62 bits per heavy atom. The Morgan fingerprint density at radius 3 is 2.14 bits per heavy atom. The van der Waals surface area contributed by atoms with E-state index in [1.165, 1.54) is 12.7 Å². The van der Waals surface area contributed by atoms with Gasteiger partial charge in [-0.25, -0.2) is 0 Å². The summed E-state index contributed by atoms with van der Waals surface area (Å²) in [4.78, 5) is 35.8. The third-order valence-electron chi connectivity index (χ3n) is 4.34. The van der Waals surface area contributed by atoms with E-state index in [0.29, 0.717) is 25.7 Å². The van der Waals surface area contributed by atoms with E-state index in [0.717, 1.165) is 6.42 Å². The predicted molar refractivity (Wildman–Crippen MR) is 115 cm³/mol. The third-order valence-corrected chi connectivity index (χ3v) is 5.61. The summed E-state index contributed by atoms with van der Waals surface area (Å²) in [7, 11) is -0.0854. The summed E-state index contributed by atoms with van der Waals surface area (Å²) in [6, 6.07) is 0. The van der Waals surface area contributed by atoms with Crippen LogP contribution in [0, 0.1) is 0 Å². The minimum atomic E-state index is -1.43. The van der Waals surface area contributed by atoms with Gasteiger partial charge >= 0.3 is 11.9 Å². The van der Waals surface area contributed by atoms with Crippen molar-refractivity contribution in [2.75, 3.05) is 7.11 Å². The van der Waals surface area contributed by atoms with Crippen LogP contribution in [0.1, 0.15) is 65.7 Å². The van der Waals surface area contributed by atoms with Crippen LogP contribution in [-0.2, 0) is 28.6 Å². The summed E-state index contributed by atoms with van der Waals surface area (Å²) in [5, 5.41) is 0. The zero-order valence-electron chi connectivity index (χ0n) is 19.1. The Hall–Kier alpha value is -1.47. The van der Waals surface area contributed by atoms with Crippen LogP contribution in [0.3, 0.4) is 0 Å². The largest absolute Gasteiger partial charge is 0.469 e. The highest BCUT2D eigenvalue weighted by atomic mass is 28.3. The summed E-state index contributed by atoms with van der Waals surface area (Å²) in [6.07, 6.45) is 2.47. The van der Waals surface area contributed by atoms with Crippen molar-refractivity contribution in [2.24, 2.45) is 0 Å². The van der Waals surface area contributed by atoms with Crippen LogP contribution in [-0.4, -0.2) is 50.7 Å². The number of esters is 2. The molecule has 2 atom stereocenters. The van der Waals surface area contributed by atoms with Crippen molar-refractivity contribution in [2.45, 2.75) is 103 Å². The fraction of sp³-hybridized carbons (Fsp3) is 0.773. The molecule has 1 heterocycles. The lowest BCUT2D eigenvalue weighted by Crippen LogP contribution is -2.35. The lowest BCUT2D eigenvalue weighted by Gasteiger charge is -2.33. The molecule has 0 aromatic heterocycles. The molecule has 1 fully saturated rings. The van der Waals surface area contributed by atoms with Crippen LogP contribution in [0.25, 0.3) is 0 Å². The predicted octanol–water partition coefficient (Wildman–Crippen LogP) is 4.37. The molecule has 0 aliphatic carbocycles. The highest BCUT2D eigenvalue weighted by Gasteiger charge is 2.31. The van der Waals surface area contributed by atoms with Gasteiger partial charge in [-0.3, -0.25) is 14.4 Å². The number of rotatable bonds is 9. The summed E-state index contributed by atoms with van der Waals surface area (Å²) in [5.74, 6) is -0.506. The zero-order chi connectivity index (χ0) is 22.2. The van der Waals surface area contributed by atoms with Gasteiger partial charge in [0.05, 0.1) is 33.8 Å². The topological polar surface area (TPSA) is 78.9 Å². The van der Waals surface area contributed by atoms with Crippen LogP contribution in [0.5, 0.6) is 0 Å². The Labute approximate surface area is 176 Å². The van der Waals surface area contributed by atoms with Crippen molar-refractivity contribution in [1.82, 2.24) is 0 Å². The highest BCUT2D eigenvalue weighted by molar-refractivity contribution is 6.81. The molecule has 6 nitrogen and oxygen atoms in total. The molecule has 1 aliphatic heterocycles. The van der Waals surface area contributed by atoms with Crippen molar-refractivity contribution < 1.29 is 28.6 Å². The van der Waals surface area contributed by atoms with Crippen molar-refractivity contribution in [3.63, 3.8) is 0 Å². The first kappa shape index (κ1) is 25.6. The lowest BCUT2D eigenvalue weighted by molar-refractivity contribution is -0.160. The molecule has 0 bridgehead atoms. The number of Topliss-reactive ketones (excluding diaryl/α,β-unsaturated/α-hetero) is 1. The maximum Gasteiger partial charge on any atom is 0.308 e. The van der Waals surface area contributed by atoms with Crippen molar-refractivity contribution in [1.29, 1.82) is 0 Å². The molecule has 0 amide bonds. The Morgan fingerprint density at radius 1 is 1.03 bits per heavy atom. The van der Waals surface area contributed by atoms with Gasteiger partial charge in [0.2, 0.25) is 0 Å². The Balaban J connectivity index is 2.72. The van der Waals surface area contributed by atoms with E-state index in [2.05, 4.69) is 30.1 Å².